The van der Waals surface area contributed by atoms with Gasteiger partial charge in [-0.3, -0.25) is 0 Å². The number of nitrogens with one attached hydrogen (secondary N) is 1. The molecule has 0 aliphatic carbocycles. The van der Waals surface area contributed by atoms with Gasteiger partial charge in [0.15, 0.2) is 0 Å². The molecule has 1 atom stereocenters. The molecule has 0 bridgehead atoms. The highest BCUT2D eigenvalue weighted by atomic mass is 16.5. The van der Waals surface area contributed by atoms with Gasteiger partial charge in [-0.05, 0) is 42.7 Å². The lowest BCUT2D eigenvalue weighted by Gasteiger charge is -2.25. The van der Waals surface area contributed by atoms with E-state index in [1.165, 1.54) is 11.1 Å². The van der Waals surface area contributed by atoms with Crippen molar-refractivity contribution in [2.75, 3.05) is 19.8 Å². The third-order valence-corrected chi connectivity index (χ3v) is 3.95. The molecule has 1 heterocycles. The number of hydrogen-bond acceptors (Lipinski definition) is 3. The molecular weight excluding hydrogens is 274 g/mol. The van der Waals surface area contributed by atoms with Gasteiger partial charge in [0.2, 0.25) is 0 Å². The molecule has 0 radical (unpaired) electrons. The summed E-state index contributed by atoms with van der Waals surface area (Å²) in [6, 6.07) is 16.6. The zero-order valence-corrected chi connectivity index (χ0v) is 13.0. The Kier molecular flexibility index (Phi) is 4.96. The van der Waals surface area contributed by atoms with Crippen molar-refractivity contribution in [2.45, 2.75) is 19.9 Å². The lowest BCUT2D eigenvalue weighted by Crippen LogP contribution is -2.31. The van der Waals surface area contributed by atoms with Crippen LogP contribution in [0.4, 0.5) is 0 Å². The Morgan fingerprint density at radius 1 is 1.14 bits per heavy atom. The van der Waals surface area contributed by atoms with Crippen LogP contribution in [0.25, 0.3) is 0 Å². The van der Waals surface area contributed by atoms with Crippen LogP contribution in [0, 0.1) is 5.92 Å². The molecule has 3 heteroatoms. The minimum Gasteiger partial charge on any atom is -0.494 e. The van der Waals surface area contributed by atoms with E-state index in [0.717, 1.165) is 37.6 Å². The Morgan fingerprint density at radius 3 is 2.77 bits per heavy atom. The Labute approximate surface area is 132 Å². The van der Waals surface area contributed by atoms with Crippen LogP contribution in [0.2, 0.25) is 0 Å². The average Bonchev–Trinajstić information content (AvgIpc) is 2.57. The van der Waals surface area contributed by atoms with E-state index in [1.807, 2.05) is 25.1 Å². The molecule has 1 unspecified atom stereocenters. The molecule has 0 aromatic heterocycles. The van der Waals surface area contributed by atoms with E-state index < -0.39 is 0 Å². The molecule has 3 rings (SSSR count). The lowest BCUT2D eigenvalue weighted by atomic mass is 9.97. The molecule has 116 valence electrons. The summed E-state index contributed by atoms with van der Waals surface area (Å²) in [5.41, 5.74) is 2.60. The number of hydrogen-bond donors (Lipinski definition) is 1. The van der Waals surface area contributed by atoms with E-state index in [9.17, 15) is 0 Å². The summed E-state index contributed by atoms with van der Waals surface area (Å²) in [5.74, 6) is 2.52. The largest absolute Gasteiger partial charge is 0.494 e. The number of ether oxygens (including phenoxy) is 2. The number of rotatable bonds is 6. The zero-order valence-electron chi connectivity index (χ0n) is 13.0. The van der Waals surface area contributed by atoms with Crippen LogP contribution >= 0.6 is 0 Å². The fourth-order valence-electron chi connectivity index (χ4n) is 2.81. The number of para-hydroxylation sites is 1. The maximum absolute atomic E-state index is 5.82. The van der Waals surface area contributed by atoms with Crippen molar-refractivity contribution in [2.24, 2.45) is 5.92 Å². The predicted octanol–water partition coefficient (Wildman–Crippen LogP) is 3.43. The molecular formula is C19H23NO2. The Bertz CT molecular complexity index is 595. The van der Waals surface area contributed by atoms with Gasteiger partial charge < -0.3 is 14.8 Å². The van der Waals surface area contributed by atoms with Crippen molar-refractivity contribution in [3.63, 3.8) is 0 Å². The second kappa shape index (κ2) is 7.32. The standard InChI is InChI=1S/C19H23NO2/c1-2-21-18-9-7-15(8-10-18)12-20-13-16-11-17-5-3-4-6-19(17)22-14-16/h3-10,16,20H,2,11-14H2,1H3. The maximum Gasteiger partial charge on any atom is 0.122 e. The van der Waals surface area contributed by atoms with E-state index >= 15 is 0 Å². The molecule has 0 saturated heterocycles. The van der Waals surface area contributed by atoms with Crippen molar-refractivity contribution in [3.8, 4) is 11.5 Å². The third kappa shape index (κ3) is 3.80. The minimum atomic E-state index is 0.539. The Morgan fingerprint density at radius 2 is 1.95 bits per heavy atom. The highest BCUT2D eigenvalue weighted by Gasteiger charge is 2.18. The van der Waals surface area contributed by atoms with Crippen LogP contribution in [0.5, 0.6) is 11.5 Å². The van der Waals surface area contributed by atoms with Gasteiger partial charge in [-0.25, -0.2) is 0 Å². The summed E-state index contributed by atoms with van der Waals surface area (Å²) in [5, 5.41) is 3.53. The third-order valence-electron chi connectivity index (χ3n) is 3.95. The molecule has 2 aromatic rings. The molecule has 1 aliphatic rings. The second-order valence-corrected chi connectivity index (χ2v) is 5.70. The molecule has 0 amide bonds. The van der Waals surface area contributed by atoms with E-state index in [2.05, 4.69) is 35.6 Å². The molecule has 0 saturated carbocycles. The summed E-state index contributed by atoms with van der Waals surface area (Å²) in [4.78, 5) is 0. The fraction of sp³-hybridized carbons (Fsp3) is 0.368. The highest BCUT2D eigenvalue weighted by Crippen LogP contribution is 2.26. The molecule has 2 aromatic carbocycles. The summed E-state index contributed by atoms with van der Waals surface area (Å²) >= 11 is 0. The van der Waals surface area contributed by atoms with Crippen molar-refractivity contribution in [3.05, 3.63) is 59.7 Å². The van der Waals surface area contributed by atoms with Crippen molar-refractivity contribution < 1.29 is 9.47 Å². The van der Waals surface area contributed by atoms with Crippen LogP contribution in [-0.2, 0) is 13.0 Å². The van der Waals surface area contributed by atoms with E-state index in [1.54, 1.807) is 0 Å². The van der Waals surface area contributed by atoms with Gasteiger partial charge in [-0.1, -0.05) is 30.3 Å². The number of fused-ring (bicyclic) bond motifs is 1. The summed E-state index contributed by atoms with van der Waals surface area (Å²) in [6.45, 7) is 5.36. The second-order valence-electron chi connectivity index (χ2n) is 5.70. The van der Waals surface area contributed by atoms with Gasteiger partial charge in [-0.15, -0.1) is 0 Å². The van der Waals surface area contributed by atoms with Crippen LogP contribution in [-0.4, -0.2) is 19.8 Å². The molecule has 1 N–H and O–H groups in total. The molecule has 22 heavy (non-hydrogen) atoms. The SMILES string of the molecule is CCOc1ccc(CNCC2COc3ccccc3C2)cc1. The maximum atomic E-state index is 5.82. The average molecular weight is 297 g/mol. The van der Waals surface area contributed by atoms with Gasteiger partial charge in [0.05, 0.1) is 13.2 Å². The van der Waals surface area contributed by atoms with Crippen LogP contribution in [0.3, 0.4) is 0 Å². The fourth-order valence-corrected chi connectivity index (χ4v) is 2.81. The monoisotopic (exact) mass is 297 g/mol. The molecule has 1 aliphatic heterocycles. The van der Waals surface area contributed by atoms with Crippen molar-refractivity contribution in [1.82, 2.24) is 5.32 Å². The zero-order chi connectivity index (χ0) is 15.2. The Balaban J connectivity index is 1.46. The van der Waals surface area contributed by atoms with E-state index in [4.69, 9.17) is 9.47 Å². The molecule has 0 fully saturated rings. The minimum absolute atomic E-state index is 0.539. The first kappa shape index (κ1) is 14.9. The van der Waals surface area contributed by atoms with Gasteiger partial charge >= 0.3 is 0 Å². The van der Waals surface area contributed by atoms with Crippen molar-refractivity contribution >= 4 is 0 Å². The first-order valence-electron chi connectivity index (χ1n) is 7.98. The Hall–Kier alpha value is -2.00. The summed E-state index contributed by atoms with van der Waals surface area (Å²) < 4.78 is 11.3. The topological polar surface area (TPSA) is 30.5 Å². The summed E-state index contributed by atoms with van der Waals surface area (Å²) in [6.07, 6.45) is 1.09. The molecule has 0 spiro atoms. The lowest BCUT2D eigenvalue weighted by molar-refractivity contribution is 0.218. The normalized spacial score (nSPS) is 16.7. The van der Waals surface area contributed by atoms with Gasteiger partial charge in [0.25, 0.3) is 0 Å². The van der Waals surface area contributed by atoms with Crippen LogP contribution in [0.15, 0.2) is 48.5 Å². The van der Waals surface area contributed by atoms with Gasteiger partial charge in [0.1, 0.15) is 11.5 Å². The van der Waals surface area contributed by atoms with Crippen molar-refractivity contribution in [1.29, 1.82) is 0 Å². The first-order chi connectivity index (χ1) is 10.8. The van der Waals surface area contributed by atoms with Crippen LogP contribution in [0.1, 0.15) is 18.1 Å². The van der Waals surface area contributed by atoms with Gasteiger partial charge in [0, 0.05) is 19.0 Å². The molecule has 3 nitrogen and oxygen atoms in total. The quantitative estimate of drug-likeness (QED) is 0.886. The summed E-state index contributed by atoms with van der Waals surface area (Å²) in [7, 11) is 0. The predicted molar refractivity (Wildman–Crippen MR) is 88.4 cm³/mol. The van der Waals surface area contributed by atoms with Gasteiger partial charge in [-0.2, -0.15) is 0 Å². The van der Waals surface area contributed by atoms with E-state index in [0.29, 0.717) is 12.5 Å². The van der Waals surface area contributed by atoms with Crippen LogP contribution < -0.4 is 14.8 Å². The highest BCUT2D eigenvalue weighted by molar-refractivity contribution is 5.35. The van der Waals surface area contributed by atoms with E-state index in [-0.39, 0.29) is 0 Å². The number of benzene rings is 2. The smallest absolute Gasteiger partial charge is 0.122 e. The first-order valence-corrected chi connectivity index (χ1v) is 7.98.